The number of aromatic nitrogens is 2. The average molecular weight is 447 g/mol. The van der Waals surface area contributed by atoms with Crippen LogP contribution in [0, 0.1) is 0 Å². The Bertz CT molecular complexity index is 1110. The molecule has 0 saturated heterocycles. The highest BCUT2D eigenvalue weighted by Gasteiger charge is 2.15. The zero-order valence-corrected chi connectivity index (χ0v) is 16.9. The van der Waals surface area contributed by atoms with Crippen LogP contribution in [0.3, 0.4) is 0 Å². The minimum Gasteiger partial charge on any atom is -0.486 e. The van der Waals surface area contributed by atoms with Crippen molar-refractivity contribution in [1.29, 1.82) is 0 Å². The molecule has 0 atom stereocenters. The molecule has 1 aliphatic rings. The summed E-state index contributed by atoms with van der Waals surface area (Å²) in [5.41, 5.74) is 12.5. The van der Waals surface area contributed by atoms with Crippen LogP contribution in [0.4, 0.5) is 23.0 Å². The largest absolute Gasteiger partial charge is 0.486 e. The number of hydrazine groups is 1. The molecule has 1 aliphatic heterocycles. The van der Waals surface area contributed by atoms with Crippen molar-refractivity contribution in [3.05, 3.63) is 58.3 Å². The lowest BCUT2D eigenvalue weighted by molar-refractivity contribution is 0.0962. The van der Waals surface area contributed by atoms with Crippen molar-refractivity contribution >= 4 is 52.1 Å². The SMILES string of the molecule is Nc1c(NNC(=O)c2ccc(Cl)cc2Cl)ncnc1Nc1ccc2c(c1)OCCO2. The molecule has 0 unspecified atom stereocenters. The number of nitrogen functional groups attached to an aromatic ring is 1. The van der Waals surface area contributed by atoms with Crippen LogP contribution in [0.1, 0.15) is 10.4 Å². The maximum atomic E-state index is 12.3. The first kappa shape index (κ1) is 19.9. The van der Waals surface area contributed by atoms with Gasteiger partial charge in [0, 0.05) is 16.8 Å². The standard InChI is InChI=1S/C19H16Cl2N6O3/c20-10-1-3-12(13(21)7-10)19(28)27-26-18-16(22)17(23-9-24-18)25-11-2-4-14-15(8-11)30-6-5-29-14/h1-4,7-9H,5-6,22H2,(H,27,28)(H2,23,24,25,26). The number of fused-ring (bicyclic) bond motifs is 1. The van der Waals surface area contributed by atoms with E-state index in [0.29, 0.717) is 41.2 Å². The lowest BCUT2D eigenvalue weighted by Crippen LogP contribution is -2.30. The van der Waals surface area contributed by atoms with Crippen LogP contribution in [-0.2, 0) is 0 Å². The molecule has 4 rings (SSSR count). The normalized spacial score (nSPS) is 12.2. The minimum atomic E-state index is -0.476. The van der Waals surface area contributed by atoms with E-state index in [2.05, 4.69) is 26.1 Å². The molecule has 1 amide bonds. The predicted molar refractivity (Wildman–Crippen MR) is 115 cm³/mol. The molecule has 154 valence electrons. The number of ether oxygens (including phenoxy) is 2. The summed E-state index contributed by atoms with van der Waals surface area (Å²) < 4.78 is 11.1. The fraction of sp³-hybridized carbons (Fsp3) is 0.105. The van der Waals surface area contributed by atoms with Gasteiger partial charge in [0.25, 0.3) is 5.91 Å². The summed E-state index contributed by atoms with van der Waals surface area (Å²) in [6.07, 6.45) is 1.31. The van der Waals surface area contributed by atoms with Crippen LogP contribution in [0.5, 0.6) is 11.5 Å². The van der Waals surface area contributed by atoms with E-state index < -0.39 is 5.91 Å². The van der Waals surface area contributed by atoms with Crippen molar-refractivity contribution in [3.63, 3.8) is 0 Å². The van der Waals surface area contributed by atoms with E-state index in [0.717, 1.165) is 0 Å². The molecule has 30 heavy (non-hydrogen) atoms. The van der Waals surface area contributed by atoms with Gasteiger partial charge in [-0.25, -0.2) is 9.97 Å². The first-order chi connectivity index (χ1) is 14.5. The first-order valence-electron chi connectivity index (χ1n) is 8.80. The van der Waals surface area contributed by atoms with E-state index in [1.165, 1.54) is 18.5 Å². The number of amides is 1. The van der Waals surface area contributed by atoms with E-state index in [-0.39, 0.29) is 22.1 Å². The smallest absolute Gasteiger partial charge is 0.271 e. The summed E-state index contributed by atoms with van der Waals surface area (Å²) in [5.74, 6) is 1.39. The average Bonchev–Trinajstić information content (AvgIpc) is 2.74. The molecule has 9 nitrogen and oxygen atoms in total. The Morgan fingerprint density at radius 2 is 1.77 bits per heavy atom. The van der Waals surface area contributed by atoms with E-state index in [1.807, 2.05) is 6.07 Å². The van der Waals surface area contributed by atoms with Gasteiger partial charge in [-0.1, -0.05) is 23.2 Å². The number of rotatable bonds is 5. The monoisotopic (exact) mass is 446 g/mol. The van der Waals surface area contributed by atoms with Crippen molar-refractivity contribution in [2.24, 2.45) is 0 Å². The van der Waals surface area contributed by atoms with Crippen LogP contribution >= 0.6 is 23.2 Å². The Morgan fingerprint density at radius 3 is 2.57 bits per heavy atom. The number of benzene rings is 2. The highest BCUT2D eigenvalue weighted by Crippen LogP contribution is 2.34. The van der Waals surface area contributed by atoms with Gasteiger partial charge in [0.1, 0.15) is 25.2 Å². The van der Waals surface area contributed by atoms with E-state index >= 15 is 0 Å². The van der Waals surface area contributed by atoms with Crippen LogP contribution in [-0.4, -0.2) is 29.1 Å². The zero-order chi connectivity index (χ0) is 21.1. The van der Waals surface area contributed by atoms with Gasteiger partial charge < -0.3 is 20.5 Å². The molecule has 1 aromatic heterocycles. The Hall–Kier alpha value is -3.43. The Morgan fingerprint density at radius 1 is 1.00 bits per heavy atom. The minimum absolute atomic E-state index is 0.204. The lowest BCUT2D eigenvalue weighted by Gasteiger charge is -2.19. The van der Waals surface area contributed by atoms with Gasteiger partial charge in [-0.05, 0) is 30.3 Å². The van der Waals surface area contributed by atoms with Gasteiger partial charge in [-0.3, -0.25) is 15.6 Å². The molecule has 0 radical (unpaired) electrons. The van der Waals surface area contributed by atoms with Crippen molar-refractivity contribution in [1.82, 2.24) is 15.4 Å². The van der Waals surface area contributed by atoms with Crippen LogP contribution in [0.15, 0.2) is 42.7 Å². The number of halogens is 2. The second kappa shape index (κ2) is 8.52. The quantitative estimate of drug-likeness (QED) is 0.438. The van der Waals surface area contributed by atoms with Gasteiger partial charge in [0.05, 0.1) is 10.6 Å². The van der Waals surface area contributed by atoms with Crippen molar-refractivity contribution in [3.8, 4) is 11.5 Å². The van der Waals surface area contributed by atoms with Crippen LogP contribution < -0.4 is 31.4 Å². The summed E-state index contributed by atoms with van der Waals surface area (Å²) in [5, 5.41) is 3.75. The van der Waals surface area contributed by atoms with Crippen molar-refractivity contribution in [2.45, 2.75) is 0 Å². The second-order valence-electron chi connectivity index (χ2n) is 6.17. The van der Waals surface area contributed by atoms with Crippen LogP contribution in [0.25, 0.3) is 0 Å². The number of anilines is 4. The third kappa shape index (κ3) is 4.27. The van der Waals surface area contributed by atoms with Gasteiger partial charge in [0.15, 0.2) is 23.1 Å². The van der Waals surface area contributed by atoms with E-state index in [9.17, 15) is 4.79 Å². The second-order valence-corrected chi connectivity index (χ2v) is 7.01. The third-order valence-electron chi connectivity index (χ3n) is 4.16. The summed E-state index contributed by atoms with van der Waals surface area (Å²) in [6, 6.07) is 9.95. The summed E-state index contributed by atoms with van der Waals surface area (Å²) in [7, 11) is 0. The van der Waals surface area contributed by atoms with Crippen molar-refractivity contribution < 1.29 is 14.3 Å². The first-order valence-corrected chi connectivity index (χ1v) is 9.55. The molecular formula is C19H16Cl2N6O3. The Labute approximate surface area is 181 Å². The molecule has 3 aromatic rings. The van der Waals surface area contributed by atoms with E-state index in [4.69, 9.17) is 38.4 Å². The van der Waals surface area contributed by atoms with Crippen LogP contribution in [0.2, 0.25) is 10.0 Å². The molecule has 0 bridgehead atoms. The zero-order valence-electron chi connectivity index (χ0n) is 15.4. The molecule has 0 fully saturated rings. The number of nitrogens with one attached hydrogen (secondary N) is 3. The van der Waals surface area contributed by atoms with Crippen molar-refractivity contribution in [2.75, 3.05) is 29.7 Å². The number of carbonyl (C=O) groups is 1. The van der Waals surface area contributed by atoms with Gasteiger partial charge >= 0.3 is 0 Å². The molecule has 11 heteroatoms. The molecule has 2 aromatic carbocycles. The Kier molecular flexibility index (Phi) is 5.64. The molecule has 0 spiro atoms. The molecule has 0 aliphatic carbocycles. The maximum Gasteiger partial charge on any atom is 0.271 e. The molecule has 0 saturated carbocycles. The number of carbonyl (C=O) groups excluding carboxylic acids is 1. The topological polar surface area (TPSA) is 123 Å². The predicted octanol–water partition coefficient (Wildman–Crippen LogP) is 3.64. The van der Waals surface area contributed by atoms with Gasteiger partial charge in [-0.2, -0.15) is 0 Å². The van der Waals surface area contributed by atoms with Gasteiger partial charge in [-0.15, -0.1) is 0 Å². The molecule has 2 heterocycles. The molecular weight excluding hydrogens is 431 g/mol. The number of hydrogen-bond acceptors (Lipinski definition) is 8. The molecule has 5 N–H and O–H groups in total. The Balaban J connectivity index is 1.47. The summed E-state index contributed by atoms with van der Waals surface area (Å²) in [4.78, 5) is 20.5. The lowest BCUT2D eigenvalue weighted by atomic mass is 10.2. The number of nitrogens with zero attached hydrogens (tertiary/aromatic N) is 2. The number of hydrogen-bond donors (Lipinski definition) is 4. The summed E-state index contributed by atoms with van der Waals surface area (Å²) >= 11 is 11.9. The maximum absolute atomic E-state index is 12.3. The summed E-state index contributed by atoms with van der Waals surface area (Å²) in [6.45, 7) is 0.998. The third-order valence-corrected chi connectivity index (χ3v) is 4.71. The fourth-order valence-corrected chi connectivity index (χ4v) is 3.20. The highest BCUT2D eigenvalue weighted by molar-refractivity contribution is 6.36. The number of nitrogens with two attached hydrogens (primary N) is 1. The highest BCUT2D eigenvalue weighted by atomic mass is 35.5. The fourth-order valence-electron chi connectivity index (χ4n) is 2.71. The van der Waals surface area contributed by atoms with Gasteiger partial charge in [0.2, 0.25) is 0 Å². The van der Waals surface area contributed by atoms with E-state index in [1.54, 1.807) is 18.2 Å².